The molecule has 0 saturated carbocycles. The van der Waals surface area contributed by atoms with Crippen molar-refractivity contribution in [2.45, 2.75) is 19.8 Å². The van der Waals surface area contributed by atoms with Gasteiger partial charge in [-0.05, 0) is 6.92 Å². The van der Waals surface area contributed by atoms with Crippen LogP contribution in [0.2, 0.25) is 0 Å². The standard InChI is InChI=1S/C6H10F2O/c1-3-4-9-5-6(2,7)8/h3-4H,5H2,1-2H3. The minimum atomic E-state index is -2.72. The lowest BCUT2D eigenvalue weighted by Gasteiger charge is -2.07. The number of allylic oxidation sites excluding steroid dienone is 1. The van der Waals surface area contributed by atoms with Crippen molar-refractivity contribution in [2.24, 2.45) is 0 Å². The van der Waals surface area contributed by atoms with Crippen molar-refractivity contribution in [1.82, 2.24) is 0 Å². The minimum Gasteiger partial charge on any atom is -0.495 e. The van der Waals surface area contributed by atoms with Crippen LogP contribution in [0.1, 0.15) is 13.8 Å². The highest BCUT2D eigenvalue weighted by Crippen LogP contribution is 2.10. The van der Waals surface area contributed by atoms with E-state index in [2.05, 4.69) is 4.74 Å². The van der Waals surface area contributed by atoms with Crippen LogP contribution in [0.25, 0.3) is 0 Å². The first-order valence-electron chi connectivity index (χ1n) is 2.67. The molecule has 54 valence electrons. The predicted octanol–water partition coefficient (Wildman–Crippen LogP) is 2.19. The maximum absolute atomic E-state index is 11.9. The maximum Gasteiger partial charge on any atom is 0.278 e. The molecule has 0 aliphatic rings. The van der Waals surface area contributed by atoms with Crippen molar-refractivity contribution in [3.05, 3.63) is 12.3 Å². The first-order valence-corrected chi connectivity index (χ1v) is 2.67. The van der Waals surface area contributed by atoms with Gasteiger partial charge in [-0.3, -0.25) is 0 Å². The first-order chi connectivity index (χ1) is 4.06. The van der Waals surface area contributed by atoms with Crippen molar-refractivity contribution in [3.63, 3.8) is 0 Å². The van der Waals surface area contributed by atoms with Gasteiger partial charge >= 0.3 is 0 Å². The Kier molecular flexibility index (Phi) is 3.20. The molecule has 0 N–H and O–H groups in total. The van der Waals surface area contributed by atoms with Crippen LogP contribution >= 0.6 is 0 Å². The molecule has 0 amide bonds. The van der Waals surface area contributed by atoms with Gasteiger partial charge < -0.3 is 4.74 Å². The monoisotopic (exact) mass is 136 g/mol. The van der Waals surface area contributed by atoms with Gasteiger partial charge in [0.05, 0.1) is 6.26 Å². The maximum atomic E-state index is 11.9. The molecule has 0 radical (unpaired) electrons. The fourth-order valence-corrected chi connectivity index (χ4v) is 0.291. The largest absolute Gasteiger partial charge is 0.495 e. The lowest BCUT2D eigenvalue weighted by atomic mass is 10.4. The van der Waals surface area contributed by atoms with Gasteiger partial charge in [0.2, 0.25) is 0 Å². The second-order valence-corrected chi connectivity index (χ2v) is 1.85. The van der Waals surface area contributed by atoms with Gasteiger partial charge in [0, 0.05) is 6.92 Å². The van der Waals surface area contributed by atoms with Gasteiger partial charge in [0.1, 0.15) is 0 Å². The zero-order valence-corrected chi connectivity index (χ0v) is 5.53. The summed E-state index contributed by atoms with van der Waals surface area (Å²) in [7, 11) is 0. The van der Waals surface area contributed by atoms with E-state index in [-0.39, 0.29) is 0 Å². The zero-order chi connectivity index (χ0) is 7.33. The third kappa shape index (κ3) is 7.40. The number of alkyl halides is 2. The van der Waals surface area contributed by atoms with Crippen LogP contribution in [0.4, 0.5) is 8.78 Å². The first kappa shape index (κ1) is 8.40. The molecule has 0 unspecified atom stereocenters. The van der Waals surface area contributed by atoms with Gasteiger partial charge in [0.25, 0.3) is 5.92 Å². The number of hydrogen-bond donors (Lipinski definition) is 0. The molecule has 0 aromatic carbocycles. The SMILES string of the molecule is CC=COCC(C)(F)F. The molecule has 0 spiro atoms. The fourth-order valence-electron chi connectivity index (χ4n) is 0.291. The van der Waals surface area contributed by atoms with E-state index in [1.54, 1.807) is 13.0 Å². The molecular formula is C6H10F2O. The average Bonchev–Trinajstić information content (AvgIpc) is 1.63. The summed E-state index contributed by atoms with van der Waals surface area (Å²) < 4.78 is 28.2. The van der Waals surface area contributed by atoms with Crippen LogP contribution < -0.4 is 0 Å². The highest BCUT2D eigenvalue weighted by Gasteiger charge is 2.20. The molecule has 3 heteroatoms. The molecule has 0 rings (SSSR count). The van der Waals surface area contributed by atoms with E-state index in [4.69, 9.17) is 0 Å². The molecular weight excluding hydrogens is 126 g/mol. The molecule has 0 aromatic heterocycles. The van der Waals surface area contributed by atoms with Crippen LogP contribution in [0.5, 0.6) is 0 Å². The third-order valence-electron chi connectivity index (χ3n) is 0.569. The summed E-state index contributed by atoms with van der Waals surface area (Å²) in [5, 5.41) is 0. The number of hydrogen-bond acceptors (Lipinski definition) is 1. The van der Waals surface area contributed by atoms with Crippen molar-refractivity contribution in [2.75, 3.05) is 6.61 Å². The summed E-state index contributed by atoms with van der Waals surface area (Å²) in [4.78, 5) is 0. The van der Waals surface area contributed by atoms with E-state index in [0.29, 0.717) is 0 Å². The Morgan fingerprint density at radius 3 is 2.44 bits per heavy atom. The van der Waals surface area contributed by atoms with Crippen LogP contribution in [0, 0.1) is 0 Å². The molecule has 0 aliphatic carbocycles. The zero-order valence-electron chi connectivity index (χ0n) is 5.53. The summed E-state index contributed by atoms with van der Waals surface area (Å²) in [6.07, 6.45) is 2.81. The molecule has 0 bridgehead atoms. The minimum absolute atomic E-state index is 0.544. The van der Waals surface area contributed by atoms with Crippen LogP contribution in [0.15, 0.2) is 12.3 Å². The van der Waals surface area contributed by atoms with E-state index in [1.165, 1.54) is 6.26 Å². The van der Waals surface area contributed by atoms with E-state index >= 15 is 0 Å². The summed E-state index contributed by atoms with van der Waals surface area (Å²) in [5.74, 6) is -2.72. The number of ether oxygens (including phenoxy) is 1. The molecule has 0 heterocycles. The summed E-state index contributed by atoms with van der Waals surface area (Å²) in [5.41, 5.74) is 0. The number of halogens is 2. The molecule has 0 aliphatic heterocycles. The van der Waals surface area contributed by atoms with Crippen LogP contribution in [0.3, 0.4) is 0 Å². The van der Waals surface area contributed by atoms with Gasteiger partial charge in [-0.1, -0.05) is 6.08 Å². The third-order valence-corrected chi connectivity index (χ3v) is 0.569. The van der Waals surface area contributed by atoms with Crippen molar-refractivity contribution >= 4 is 0 Å². The summed E-state index contributed by atoms with van der Waals surface area (Å²) >= 11 is 0. The van der Waals surface area contributed by atoms with E-state index in [0.717, 1.165) is 6.92 Å². The Morgan fingerprint density at radius 1 is 1.56 bits per heavy atom. The van der Waals surface area contributed by atoms with Crippen molar-refractivity contribution in [3.8, 4) is 0 Å². The molecule has 0 fully saturated rings. The summed E-state index contributed by atoms with van der Waals surface area (Å²) in [6, 6.07) is 0. The van der Waals surface area contributed by atoms with Crippen molar-refractivity contribution < 1.29 is 13.5 Å². The fraction of sp³-hybridized carbons (Fsp3) is 0.667. The van der Waals surface area contributed by atoms with Crippen LogP contribution in [-0.4, -0.2) is 12.5 Å². The Hall–Kier alpha value is -0.600. The van der Waals surface area contributed by atoms with Gasteiger partial charge in [0.15, 0.2) is 6.61 Å². The normalized spacial score (nSPS) is 12.4. The smallest absolute Gasteiger partial charge is 0.278 e. The van der Waals surface area contributed by atoms with E-state index in [9.17, 15) is 8.78 Å². The molecule has 1 nitrogen and oxygen atoms in total. The van der Waals surface area contributed by atoms with E-state index in [1.807, 2.05) is 0 Å². The highest BCUT2D eigenvalue weighted by molar-refractivity contribution is 4.67. The lowest BCUT2D eigenvalue weighted by molar-refractivity contribution is -0.0371. The Labute approximate surface area is 53.3 Å². The summed E-state index contributed by atoms with van der Waals surface area (Å²) in [6.45, 7) is 1.97. The average molecular weight is 136 g/mol. The lowest BCUT2D eigenvalue weighted by Crippen LogP contribution is -2.16. The molecule has 0 saturated heterocycles. The Bertz CT molecular complexity index is 93.7. The van der Waals surface area contributed by atoms with Crippen LogP contribution in [-0.2, 0) is 4.74 Å². The molecule has 0 aromatic rings. The molecule has 9 heavy (non-hydrogen) atoms. The van der Waals surface area contributed by atoms with E-state index < -0.39 is 12.5 Å². The molecule has 0 atom stereocenters. The van der Waals surface area contributed by atoms with Crippen molar-refractivity contribution in [1.29, 1.82) is 0 Å². The highest BCUT2D eigenvalue weighted by atomic mass is 19.3. The Balaban J connectivity index is 3.28. The van der Waals surface area contributed by atoms with Gasteiger partial charge in [-0.2, -0.15) is 0 Å². The Morgan fingerprint density at radius 2 is 2.11 bits per heavy atom. The number of rotatable bonds is 3. The van der Waals surface area contributed by atoms with Gasteiger partial charge in [-0.25, -0.2) is 8.78 Å². The topological polar surface area (TPSA) is 9.23 Å². The second kappa shape index (κ2) is 3.43. The predicted molar refractivity (Wildman–Crippen MR) is 31.4 cm³/mol. The second-order valence-electron chi connectivity index (χ2n) is 1.85. The van der Waals surface area contributed by atoms with Gasteiger partial charge in [-0.15, -0.1) is 0 Å². The quantitative estimate of drug-likeness (QED) is 0.540.